The lowest BCUT2D eigenvalue weighted by atomic mass is 10.1. The van der Waals surface area contributed by atoms with Crippen LogP contribution in [0.15, 0.2) is 57.9 Å². The summed E-state index contributed by atoms with van der Waals surface area (Å²) in [6, 6.07) is 14.7. The lowest BCUT2D eigenvalue weighted by Crippen LogP contribution is -2.29. The Morgan fingerprint density at radius 2 is 1.45 bits per heavy atom. The smallest absolute Gasteiger partial charge is 0.262 e. The van der Waals surface area contributed by atoms with E-state index in [1.54, 1.807) is 24.3 Å². The van der Waals surface area contributed by atoms with E-state index in [2.05, 4.69) is 15.9 Å². The van der Waals surface area contributed by atoms with Gasteiger partial charge in [-0.2, -0.15) is 0 Å². The number of hydrogen-bond acceptors (Lipinski definition) is 3. The van der Waals surface area contributed by atoms with E-state index in [1.807, 2.05) is 24.3 Å². The van der Waals surface area contributed by atoms with Crippen molar-refractivity contribution in [3.63, 3.8) is 0 Å². The van der Waals surface area contributed by atoms with Gasteiger partial charge in [0.25, 0.3) is 11.8 Å². The number of amides is 2. The van der Waals surface area contributed by atoms with Crippen LogP contribution in [0.5, 0.6) is 0 Å². The Hall–Kier alpha value is -1.59. The molecule has 0 spiro atoms. The number of carbonyl (C=O) groups excluding carboxylic acids is 2. The maximum atomic E-state index is 12.2. The lowest BCUT2D eigenvalue weighted by molar-refractivity contribution is 0.0684. The van der Waals surface area contributed by atoms with Gasteiger partial charge in [-0.05, 0) is 40.2 Å². The van der Waals surface area contributed by atoms with Crippen LogP contribution in [0.25, 0.3) is 0 Å². The molecule has 100 valence electrons. The van der Waals surface area contributed by atoms with Gasteiger partial charge in [0, 0.05) is 9.37 Å². The van der Waals surface area contributed by atoms with Crippen molar-refractivity contribution in [2.24, 2.45) is 0 Å². The van der Waals surface area contributed by atoms with Gasteiger partial charge in [-0.3, -0.25) is 14.5 Å². The Kier molecular flexibility index (Phi) is 3.63. The van der Waals surface area contributed by atoms with Crippen LogP contribution >= 0.6 is 27.7 Å². The fourth-order valence-corrected chi connectivity index (χ4v) is 3.56. The van der Waals surface area contributed by atoms with Crippen molar-refractivity contribution >= 4 is 39.5 Å². The van der Waals surface area contributed by atoms with Crippen molar-refractivity contribution in [1.29, 1.82) is 0 Å². The van der Waals surface area contributed by atoms with Crippen molar-refractivity contribution in [1.82, 2.24) is 4.90 Å². The topological polar surface area (TPSA) is 37.4 Å². The fourth-order valence-electron chi connectivity index (χ4n) is 2.05. The van der Waals surface area contributed by atoms with Crippen LogP contribution in [0, 0.1) is 0 Å². The van der Waals surface area contributed by atoms with E-state index >= 15 is 0 Å². The molecule has 1 aliphatic rings. The largest absolute Gasteiger partial charge is 0.269 e. The summed E-state index contributed by atoms with van der Waals surface area (Å²) in [7, 11) is 0. The highest BCUT2D eigenvalue weighted by Gasteiger charge is 2.34. The molecule has 3 rings (SSSR count). The van der Waals surface area contributed by atoms with Gasteiger partial charge in [0.2, 0.25) is 0 Å². The zero-order valence-electron chi connectivity index (χ0n) is 10.4. The maximum absolute atomic E-state index is 12.2. The van der Waals surface area contributed by atoms with Crippen LogP contribution in [0.4, 0.5) is 0 Å². The van der Waals surface area contributed by atoms with Gasteiger partial charge in [0.15, 0.2) is 0 Å². The average Bonchev–Trinajstić information content (AvgIpc) is 2.71. The Labute approximate surface area is 129 Å². The molecule has 0 fully saturated rings. The molecule has 0 aromatic heterocycles. The molecule has 0 unspecified atom stereocenters. The molecule has 2 aromatic carbocycles. The van der Waals surface area contributed by atoms with E-state index in [4.69, 9.17) is 0 Å². The summed E-state index contributed by atoms with van der Waals surface area (Å²) in [5.74, 6) is -0.120. The molecule has 5 heteroatoms. The van der Waals surface area contributed by atoms with E-state index < -0.39 is 0 Å². The molecule has 2 aromatic rings. The Morgan fingerprint density at radius 1 is 0.900 bits per heavy atom. The minimum atomic E-state index is -0.217. The Bertz CT molecular complexity index is 667. The van der Waals surface area contributed by atoms with Gasteiger partial charge in [0.05, 0.1) is 17.0 Å². The number of benzene rings is 2. The predicted octanol–water partition coefficient (Wildman–Crippen LogP) is 3.79. The van der Waals surface area contributed by atoms with Gasteiger partial charge in [-0.25, -0.2) is 0 Å². The summed E-state index contributed by atoms with van der Waals surface area (Å²) < 4.78 is 0.960. The van der Waals surface area contributed by atoms with Crippen molar-refractivity contribution in [3.05, 3.63) is 64.1 Å². The molecule has 1 aliphatic heterocycles. The second kappa shape index (κ2) is 5.42. The van der Waals surface area contributed by atoms with Gasteiger partial charge >= 0.3 is 0 Å². The molecule has 2 amide bonds. The number of nitrogens with zero attached hydrogens (tertiary/aromatic N) is 1. The summed E-state index contributed by atoms with van der Waals surface area (Å²) in [5.41, 5.74) is 0.982. The quantitative estimate of drug-likeness (QED) is 0.626. The van der Waals surface area contributed by atoms with Crippen molar-refractivity contribution in [2.75, 3.05) is 5.88 Å². The number of halogens is 1. The molecule has 0 radical (unpaired) electrons. The van der Waals surface area contributed by atoms with Crippen LogP contribution in [0.1, 0.15) is 20.7 Å². The van der Waals surface area contributed by atoms with Crippen molar-refractivity contribution in [3.8, 4) is 0 Å². The van der Waals surface area contributed by atoms with Gasteiger partial charge in [-0.15, -0.1) is 11.8 Å². The first kappa shape index (κ1) is 13.4. The number of carbonyl (C=O) groups is 2. The van der Waals surface area contributed by atoms with E-state index in [1.165, 1.54) is 16.7 Å². The molecule has 0 bridgehead atoms. The number of thioether (sulfide) groups is 1. The molecular formula is C15H10BrNO2S. The summed E-state index contributed by atoms with van der Waals surface area (Å²) in [6.45, 7) is 0. The van der Waals surface area contributed by atoms with Gasteiger partial charge in [0.1, 0.15) is 0 Å². The number of rotatable bonds is 3. The second-order valence-electron chi connectivity index (χ2n) is 4.29. The highest BCUT2D eigenvalue weighted by atomic mass is 79.9. The first-order valence-electron chi connectivity index (χ1n) is 6.01. The first-order valence-corrected chi connectivity index (χ1v) is 7.79. The monoisotopic (exact) mass is 347 g/mol. The third kappa shape index (κ3) is 2.27. The molecule has 0 aliphatic carbocycles. The summed E-state index contributed by atoms with van der Waals surface area (Å²) in [6.07, 6.45) is 0. The minimum absolute atomic E-state index is 0.217. The zero-order valence-corrected chi connectivity index (χ0v) is 12.8. The third-order valence-electron chi connectivity index (χ3n) is 3.06. The van der Waals surface area contributed by atoms with Gasteiger partial charge in [-0.1, -0.05) is 24.3 Å². The third-order valence-corrected chi connectivity index (χ3v) is 5.07. The van der Waals surface area contributed by atoms with E-state index in [9.17, 15) is 9.59 Å². The van der Waals surface area contributed by atoms with Crippen LogP contribution in [0.2, 0.25) is 0 Å². The SMILES string of the molecule is O=C1c2ccccc2C(=O)N1CSc1ccccc1Br. The number of fused-ring (bicyclic) bond motifs is 1. The van der Waals surface area contributed by atoms with E-state index in [-0.39, 0.29) is 11.8 Å². The Balaban J connectivity index is 1.79. The standard InChI is InChI=1S/C15H10BrNO2S/c16-12-7-3-4-8-13(12)20-9-17-14(18)10-5-1-2-6-11(10)15(17)19/h1-8H,9H2. The van der Waals surface area contributed by atoms with Crippen molar-refractivity contribution in [2.45, 2.75) is 4.90 Å². The van der Waals surface area contributed by atoms with Crippen LogP contribution < -0.4 is 0 Å². The highest BCUT2D eigenvalue weighted by Crippen LogP contribution is 2.30. The van der Waals surface area contributed by atoms with Crippen LogP contribution in [-0.4, -0.2) is 22.6 Å². The average molecular weight is 348 g/mol. The highest BCUT2D eigenvalue weighted by molar-refractivity contribution is 9.10. The molecule has 3 nitrogen and oxygen atoms in total. The van der Waals surface area contributed by atoms with E-state index in [0.717, 1.165) is 9.37 Å². The fraction of sp³-hybridized carbons (Fsp3) is 0.0667. The van der Waals surface area contributed by atoms with Crippen molar-refractivity contribution < 1.29 is 9.59 Å². The zero-order chi connectivity index (χ0) is 14.1. The summed E-state index contributed by atoms with van der Waals surface area (Å²) in [5, 5.41) is 0. The number of imide groups is 1. The lowest BCUT2D eigenvalue weighted by Gasteiger charge is -2.13. The molecular weight excluding hydrogens is 338 g/mol. The predicted molar refractivity (Wildman–Crippen MR) is 81.8 cm³/mol. The molecule has 0 saturated heterocycles. The first-order chi connectivity index (χ1) is 9.68. The van der Waals surface area contributed by atoms with Crippen LogP contribution in [-0.2, 0) is 0 Å². The van der Waals surface area contributed by atoms with Gasteiger partial charge < -0.3 is 0 Å². The molecule has 20 heavy (non-hydrogen) atoms. The summed E-state index contributed by atoms with van der Waals surface area (Å²) >= 11 is 4.91. The van der Waals surface area contributed by atoms with E-state index in [0.29, 0.717) is 17.0 Å². The maximum Gasteiger partial charge on any atom is 0.262 e. The Morgan fingerprint density at radius 3 is 2.05 bits per heavy atom. The molecule has 1 heterocycles. The summed E-state index contributed by atoms with van der Waals surface area (Å²) in [4.78, 5) is 26.7. The molecule has 0 atom stereocenters. The normalized spacial score (nSPS) is 13.8. The molecule has 0 N–H and O–H groups in total. The second-order valence-corrected chi connectivity index (χ2v) is 6.13. The molecule has 0 saturated carbocycles. The number of hydrogen-bond donors (Lipinski definition) is 0. The van der Waals surface area contributed by atoms with Crippen LogP contribution in [0.3, 0.4) is 0 Å². The minimum Gasteiger partial charge on any atom is -0.269 e.